The zero-order valence-electron chi connectivity index (χ0n) is 11.4. The highest BCUT2D eigenvalue weighted by Gasteiger charge is 2.35. The number of quaternary nitrogens is 1. The third kappa shape index (κ3) is 3.10. The first-order valence-corrected chi connectivity index (χ1v) is 7.13. The molecule has 1 fully saturated rings. The average Bonchev–Trinajstić information content (AvgIpc) is 2.72. The van der Waals surface area contributed by atoms with Gasteiger partial charge in [-0.2, -0.15) is 0 Å². The van der Waals surface area contributed by atoms with Gasteiger partial charge in [-0.25, -0.2) is 0 Å². The molecule has 2 rings (SSSR count). The molecule has 0 aliphatic carbocycles. The molecule has 0 aromatic heterocycles. The number of benzene rings is 1. The molecular formula is C16H26N+. The van der Waals surface area contributed by atoms with Gasteiger partial charge in [0.2, 0.25) is 0 Å². The van der Waals surface area contributed by atoms with Gasteiger partial charge in [-0.15, -0.1) is 0 Å². The number of likely N-dealkylation sites (tertiary alicyclic amines) is 1. The summed E-state index contributed by atoms with van der Waals surface area (Å²) in [5.41, 5.74) is 1.49. The predicted molar refractivity (Wildman–Crippen MR) is 74.0 cm³/mol. The van der Waals surface area contributed by atoms with Gasteiger partial charge in [-0.05, 0) is 18.4 Å². The molecule has 1 heterocycles. The maximum absolute atomic E-state index is 2.46. The van der Waals surface area contributed by atoms with Crippen LogP contribution >= 0.6 is 0 Å². The minimum atomic E-state index is 0.922. The van der Waals surface area contributed by atoms with E-state index < -0.39 is 0 Å². The fourth-order valence-corrected chi connectivity index (χ4v) is 3.41. The van der Waals surface area contributed by atoms with Crippen LogP contribution in [0, 0.1) is 0 Å². The fraction of sp³-hybridized carbons (Fsp3) is 0.625. The van der Waals surface area contributed by atoms with Crippen molar-refractivity contribution in [3.63, 3.8) is 0 Å². The molecule has 1 nitrogen and oxygen atoms in total. The Kier molecular flexibility index (Phi) is 4.22. The molecule has 0 spiro atoms. The Bertz CT molecular complexity index is 333. The van der Waals surface area contributed by atoms with Crippen LogP contribution in [0.4, 0.5) is 0 Å². The van der Waals surface area contributed by atoms with E-state index in [9.17, 15) is 0 Å². The Morgan fingerprint density at radius 1 is 1.24 bits per heavy atom. The predicted octanol–water partition coefficient (Wildman–Crippen LogP) is 3.64. The van der Waals surface area contributed by atoms with E-state index in [1.165, 1.54) is 55.2 Å². The minimum absolute atomic E-state index is 0.922. The van der Waals surface area contributed by atoms with Gasteiger partial charge in [-0.3, -0.25) is 0 Å². The Balaban J connectivity index is 1.82. The molecule has 17 heavy (non-hydrogen) atoms. The highest BCUT2D eigenvalue weighted by atomic mass is 15.4. The third-order valence-corrected chi connectivity index (χ3v) is 4.54. The second kappa shape index (κ2) is 5.68. The molecule has 1 aromatic rings. The lowest BCUT2D eigenvalue weighted by atomic mass is 10.1. The fourth-order valence-electron chi connectivity index (χ4n) is 3.41. The van der Waals surface area contributed by atoms with Crippen molar-refractivity contribution in [2.75, 3.05) is 20.1 Å². The van der Waals surface area contributed by atoms with Gasteiger partial charge in [-0.1, -0.05) is 37.3 Å². The first-order chi connectivity index (χ1) is 8.24. The first-order valence-electron chi connectivity index (χ1n) is 7.13. The number of hydrogen-bond donors (Lipinski definition) is 0. The molecule has 1 aliphatic heterocycles. The summed E-state index contributed by atoms with van der Waals surface area (Å²) in [7, 11) is 2.46. The second-order valence-corrected chi connectivity index (χ2v) is 5.72. The molecule has 0 N–H and O–H groups in total. The van der Waals surface area contributed by atoms with Crippen molar-refractivity contribution in [2.45, 2.75) is 45.1 Å². The molecule has 0 saturated carbocycles. The van der Waals surface area contributed by atoms with Crippen LogP contribution in [0.3, 0.4) is 0 Å². The lowest BCUT2D eigenvalue weighted by Gasteiger charge is -2.36. The van der Waals surface area contributed by atoms with Crippen molar-refractivity contribution >= 4 is 0 Å². The van der Waals surface area contributed by atoms with Crippen LogP contribution in [0.15, 0.2) is 30.3 Å². The van der Waals surface area contributed by atoms with Gasteiger partial charge < -0.3 is 4.48 Å². The van der Waals surface area contributed by atoms with E-state index in [2.05, 4.69) is 44.3 Å². The summed E-state index contributed by atoms with van der Waals surface area (Å²) in [4.78, 5) is 0. The maximum atomic E-state index is 2.46. The largest absolute Gasteiger partial charge is 0.324 e. The van der Waals surface area contributed by atoms with Crippen LogP contribution < -0.4 is 0 Å². The zero-order valence-corrected chi connectivity index (χ0v) is 11.4. The van der Waals surface area contributed by atoms with E-state index in [-0.39, 0.29) is 0 Å². The summed E-state index contributed by atoms with van der Waals surface area (Å²) in [6, 6.07) is 11.8. The summed E-state index contributed by atoms with van der Waals surface area (Å²) in [6.07, 6.45) is 6.79. The SMILES string of the molecule is CC[C@H]1CCC[N+]1(C)CCCc1ccccc1. The zero-order chi connectivity index (χ0) is 12.1. The van der Waals surface area contributed by atoms with Crippen molar-refractivity contribution in [2.24, 2.45) is 0 Å². The maximum Gasteiger partial charge on any atom is 0.0887 e. The van der Waals surface area contributed by atoms with E-state index in [1.807, 2.05) is 0 Å². The van der Waals surface area contributed by atoms with E-state index in [0.29, 0.717) is 0 Å². The first kappa shape index (κ1) is 12.6. The van der Waals surface area contributed by atoms with Crippen molar-refractivity contribution in [1.82, 2.24) is 0 Å². The Morgan fingerprint density at radius 2 is 2.00 bits per heavy atom. The van der Waals surface area contributed by atoms with Crippen LogP contribution in [0.1, 0.15) is 38.2 Å². The van der Waals surface area contributed by atoms with Gasteiger partial charge in [0, 0.05) is 19.3 Å². The smallest absolute Gasteiger partial charge is 0.0887 e. The summed E-state index contributed by atoms with van der Waals surface area (Å²) >= 11 is 0. The molecule has 1 aliphatic rings. The van der Waals surface area contributed by atoms with Gasteiger partial charge in [0.25, 0.3) is 0 Å². The molecule has 0 radical (unpaired) electrons. The molecule has 0 bridgehead atoms. The van der Waals surface area contributed by atoms with Crippen LogP contribution in [-0.4, -0.2) is 30.7 Å². The highest BCUT2D eigenvalue weighted by molar-refractivity contribution is 5.14. The second-order valence-electron chi connectivity index (χ2n) is 5.72. The third-order valence-electron chi connectivity index (χ3n) is 4.54. The molecule has 1 aromatic carbocycles. The standard InChI is InChI=1S/C16H26N/c1-3-16-12-8-14-17(16,2)13-7-11-15-9-5-4-6-10-15/h4-6,9-10,16H,3,7-8,11-14H2,1-2H3/q+1/t16-,17?/m0/s1. The molecule has 1 unspecified atom stereocenters. The summed E-state index contributed by atoms with van der Waals surface area (Å²) in [6.45, 7) is 5.10. The van der Waals surface area contributed by atoms with Gasteiger partial charge in [0.1, 0.15) is 0 Å². The number of rotatable bonds is 5. The van der Waals surface area contributed by atoms with Crippen LogP contribution in [0.5, 0.6) is 0 Å². The number of aryl methyl sites for hydroxylation is 1. The lowest BCUT2D eigenvalue weighted by molar-refractivity contribution is -0.921. The topological polar surface area (TPSA) is 0 Å². The molecule has 0 amide bonds. The quantitative estimate of drug-likeness (QED) is 0.680. The van der Waals surface area contributed by atoms with E-state index in [4.69, 9.17) is 0 Å². The summed E-state index contributed by atoms with van der Waals surface area (Å²) < 4.78 is 1.32. The monoisotopic (exact) mass is 232 g/mol. The van der Waals surface area contributed by atoms with Crippen molar-refractivity contribution < 1.29 is 4.48 Å². The number of hydrogen-bond acceptors (Lipinski definition) is 0. The lowest BCUT2D eigenvalue weighted by Crippen LogP contribution is -2.48. The Hall–Kier alpha value is -0.820. The summed E-state index contributed by atoms with van der Waals surface area (Å²) in [5.74, 6) is 0. The molecule has 1 saturated heterocycles. The van der Waals surface area contributed by atoms with Crippen LogP contribution in [-0.2, 0) is 6.42 Å². The minimum Gasteiger partial charge on any atom is -0.324 e. The Labute approximate surface area is 106 Å². The number of nitrogens with zero attached hydrogens (tertiary/aromatic N) is 1. The van der Waals surface area contributed by atoms with Crippen LogP contribution in [0.25, 0.3) is 0 Å². The average molecular weight is 232 g/mol. The van der Waals surface area contributed by atoms with Crippen molar-refractivity contribution in [3.05, 3.63) is 35.9 Å². The normalized spacial score (nSPS) is 28.5. The van der Waals surface area contributed by atoms with Gasteiger partial charge >= 0.3 is 0 Å². The van der Waals surface area contributed by atoms with E-state index in [1.54, 1.807) is 0 Å². The van der Waals surface area contributed by atoms with Crippen LogP contribution in [0.2, 0.25) is 0 Å². The molecular weight excluding hydrogens is 206 g/mol. The Morgan fingerprint density at radius 3 is 2.71 bits per heavy atom. The molecule has 1 heteroatoms. The highest BCUT2D eigenvalue weighted by Crippen LogP contribution is 2.27. The summed E-state index contributed by atoms with van der Waals surface area (Å²) in [5, 5.41) is 0. The van der Waals surface area contributed by atoms with Gasteiger partial charge in [0.15, 0.2) is 0 Å². The van der Waals surface area contributed by atoms with E-state index >= 15 is 0 Å². The van der Waals surface area contributed by atoms with Crippen molar-refractivity contribution in [3.8, 4) is 0 Å². The van der Waals surface area contributed by atoms with Gasteiger partial charge in [0.05, 0.1) is 26.2 Å². The molecule has 2 atom stereocenters. The molecule has 94 valence electrons. The van der Waals surface area contributed by atoms with E-state index in [0.717, 1.165) is 6.04 Å². The van der Waals surface area contributed by atoms with Crippen molar-refractivity contribution in [1.29, 1.82) is 0 Å².